The normalized spacial score (nSPS) is 13.5. The number of aliphatic carboxylic acids is 1. The van der Waals surface area contributed by atoms with Gasteiger partial charge in [0.1, 0.15) is 12.1 Å². The minimum Gasteiger partial charge on any atom is -0.480 e. The highest BCUT2D eigenvalue weighted by atomic mass is 16.5. The molecule has 2 atom stereocenters. The Morgan fingerprint density at radius 3 is 1.55 bits per heavy atom. The van der Waals surface area contributed by atoms with Gasteiger partial charge in [0.05, 0.1) is 0 Å². The molecule has 7 nitrogen and oxygen atoms in total. The molecule has 0 saturated heterocycles. The predicted octanol–water partition coefficient (Wildman–Crippen LogP) is 11.2. The Labute approximate surface area is 312 Å². The zero-order valence-electron chi connectivity index (χ0n) is 32.4. The summed E-state index contributed by atoms with van der Waals surface area (Å²) in [5.41, 5.74) is 5.47. The molecule has 0 rings (SSSR count). The number of allylic oxidation sites excluding steroid dienone is 12. The average Bonchev–Trinajstić information content (AvgIpc) is 3.11. The highest BCUT2D eigenvalue weighted by molar-refractivity contribution is 5.83. The second-order valence-electron chi connectivity index (χ2n) is 13.3. The number of ether oxygens (including phenoxy) is 1. The van der Waals surface area contributed by atoms with Crippen molar-refractivity contribution in [3.8, 4) is 0 Å². The Hall–Kier alpha value is -3.19. The van der Waals surface area contributed by atoms with Crippen LogP contribution in [0.4, 0.5) is 0 Å². The number of nitrogens with two attached hydrogens (primary N) is 1. The topological polar surface area (TPSA) is 119 Å². The molecule has 0 aromatic carbocycles. The number of carboxylic acid groups (broad SMARTS) is 1. The second-order valence-corrected chi connectivity index (χ2v) is 13.3. The van der Waals surface area contributed by atoms with Gasteiger partial charge in [-0.15, -0.1) is 0 Å². The smallest absolute Gasteiger partial charge is 0.326 e. The van der Waals surface area contributed by atoms with E-state index in [0.717, 1.165) is 89.9 Å². The van der Waals surface area contributed by atoms with E-state index >= 15 is 0 Å². The quantitative estimate of drug-likeness (QED) is 0.0342. The zero-order valence-corrected chi connectivity index (χ0v) is 32.4. The largest absolute Gasteiger partial charge is 0.480 e. The van der Waals surface area contributed by atoms with E-state index in [2.05, 4.69) is 92.1 Å². The third kappa shape index (κ3) is 35.0. The minimum absolute atomic E-state index is 0.0267. The Balaban J connectivity index is 4.29. The summed E-state index contributed by atoms with van der Waals surface area (Å²) in [5.74, 6) is -1.33. The fourth-order valence-electron chi connectivity index (χ4n) is 5.53. The molecule has 290 valence electrons. The average molecular weight is 711 g/mol. The van der Waals surface area contributed by atoms with Crippen molar-refractivity contribution in [1.82, 2.24) is 5.32 Å². The van der Waals surface area contributed by atoms with E-state index in [0.29, 0.717) is 38.6 Å². The molecule has 0 spiro atoms. The maximum absolute atomic E-state index is 12.7. The van der Waals surface area contributed by atoms with E-state index < -0.39 is 12.0 Å². The van der Waals surface area contributed by atoms with Crippen molar-refractivity contribution >= 4 is 17.8 Å². The zero-order chi connectivity index (χ0) is 37.5. The van der Waals surface area contributed by atoms with Gasteiger partial charge in [-0.1, -0.05) is 138 Å². The number of nitrogens with one attached hydrogen (secondary N) is 1. The molecule has 0 bridgehead atoms. The fourth-order valence-corrected chi connectivity index (χ4v) is 5.53. The summed E-state index contributed by atoms with van der Waals surface area (Å²) in [6.07, 6.45) is 48.1. The van der Waals surface area contributed by atoms with Crippen LogP contribution in [0.5, 0.6) is 0 Å². The Bertz CT molecular complexity index is 1030. The molecule has 0 saturated carbocycles. The van der Waals surface area contributed by atoms with Crippen LogP contribution >= 0.6 is 0 Å². The molecule has 0 heterocycles. The molecule has 0 radical (unpaired) electrons. The number of unbranched alkanes of at least 4 members (excludes halogenated alkanes) is 9. The third-order valence-corrected chi connectivity index (χ3v) is 8.55. The molecule has 0 aliphatic rings. The Morgan fingerprint density at radius 1 is 0.588 bits per heavy atom. The van der Waals surface area contributed by atoms with Crippen LogP contribution in [0, 0.1) is 0 Å². The number of hydrogen-bond donors (Lipinski definition) is 3. The second kappa shape index (κ2) is 38.1. The van der Waals surface area contributed by atoms with E-state index in [1.165, 1.54) is 32.1 Å². The monoisotopic (exact) mass is 711 g/mol. The lowest BCUT2D eigenvalue weighted by molar-refractivity contribution is -0.149. The Morgan fingerprint density at radius 2 is 1.06 bits per heavy atom. The van der Waals surface area contributed by atoms with Crippen LogP contribution < -0.4 is 11.1 Å². The van der Waals surface area contributed by atoms with E-state index in [1.54, 1.807) is 0 Å². The van der Waals surface area contributed by atoms with Crippen molar-refractivity contribution in [3.63, 3.8) is 0 Å². The molecule has 0 aliphatic carbocycles. The number of amides is 1. The number of esters is 1. The van der Waals surface area contributed by atoms with Crippen LogP contribution in [-0.2, 0) is 19.1 Å². The first kappa shape index (κ1) is 47.8. The summed E-state index contributed by atoms with van der Waals surface area (Å²) in [6, 6.07) is -0.863. The van der Waals surface area contributed by atoms with Gasteiger partial charge < -0.3 is 20.9 Å². The third-order valence-electron chi connectivity index (χ3n) is 8.55. The van der Waals surface area contributed by atoms with Crippen molar-refractivity contribution in [2.75, 3.05) is 6.54 Å². The molecular weight excluding hydrogens is 636 g/mol. The lowest BCUT2D eigenvalue weighted by atomic mass is 10.0. The van der Waals surface area contributed by atoms with Crippen molar-refractivity contribution in [2.45, 2.75) is 180 Å². The first-order valence-corrected chi connectivity index (χ1v) is 20.3. The number of rotatable bonds is 35. The van der Waals surface area contributed by atoms with Crippen molar-refractivity contribution < 1.29 is 24.2 Å². The maximum Gasteiger partial charge on any atom is 0.326 e. The highest BCUT2D eigenvalue weighted by Gasteiger charge is 2.19. The molecule has 4 N–H and O–H groups in total. The van der Waals surface area contributed by atoms with Crippen LogP contribution in [0.2, 0.25) is 0 Å². The maximum atomic E-state index is 12.7. The molecule has 7 heteroatoms. The lowest BCUT2D eigenvalue weighted by Gasteiger charge is -2.18. The van der Waals surface area contributed by atoms with Gasteiger partial charge >= 0.3 is 11.9 Å². The standard InChI is InChI=1S/C44H74N2O5/c1-3-5-7-9-11-12-13-14-15-16-17-18-19-20-21-22-23-28-32-38-43(48)51-40(34-29-25-10-8-6-4-2)35-30-26-24-27-31-37-42(47)46-41(44(49)50)36-33-39-45/h5,7,11-12,14-15,17-18,20-21,23,28,40-41H,3-4,6,8-10,13,16,19,22,24-27,29-39,45H2,1-2H3,(H,46,47)(H,49,50)/b7-5-,12-11-,15-14-,18-17-,21-20-,28-23-. The molecule has 51 heavy (non-hydrogen) atoms. The van der Waals surface area contributed by atoms with Gasteiger partial charge in [0.15, 0.2) is 0 Å². The summed E-state index contributed by atoms with van der Waals surface area (Å²) in [7, 11) is 0. The summed E-state index contributed by atoms with van der Waals surface area (Å²) in [4.78, 5) is 36.1. The van der Waals surface area contributed by atoms with E-state index in [1.807, 2.05) is 0 Å². The number of hydrogen-bond acceptors (Lipinski definition) is 5. The van der Waals surface area contributed by atoms with Crippen molar-refractivity contribution in [1.29, 1.82) is 0 Å². The van der Waals surface area contributed by atoms with Crippen LogP contribution in [0.15, 0.2) is 72.9 Å². The number of carbonyl (C=O) groups is 3. The fraction of sp³-hybridized carbons (Fsp3) is 0.659. The molecular formula is C44H74N2O5. The van der Waals surface area contributed by atoms with Gasteiger partial charge in [0, 0.05) is 12.8 Å². The minimum atomic E-state index is -1.01. The van der Waals surface area contributed by atoms with Crippen LogP contribution in [-0.4, -0.2) is 41.6 Å². The molecule has 0 fully saturated rings. The van der Waals surface area contributed by atoms with Crippen molar-refractivity contribution in [2.24, 2.45) is 5.73 Å². The van der Waals surface area contributed by atoms with E-state index in [-0.39, 0.29) is 18.0 Å². The summed E-state index contributed by atoms with van der Waals surface area (Å²) < 4.78 is 5.95. The summed E-state index contributed by atoms with van der Waals surface area (Å²) >= 11 is 0. The van der Waals surface area contributed by atoms with Gasteiger partial charge in [-0.05, 0) is 96.4 Å². The SMILES string of the molecule is CC/C=C\C/C=C\C/C=C\C/C=C\C/C=C\C/C=C\CCC(=O)OC(CCCCCCCC)CCCCCCCC(=O)NC(CCCN)C(=O)O. The first-order chi connectivity index (χ1) is 24.9. The van der Waals surface area contributed by atoms with Crippen LogP contribution in [0.3, 0.4) is 0 Å². The van der Waals surface area contributed by atoms with Crippen LogP contribution in [0.25, 0.3) is 0 Å². The Kier molecular flexibility index (Phi) is 35.7. The van der Waals surface area contributed by atoms with Gasteiger partial charge in [-0.2, -0.15) is 0 Å². The van der Waals surface area contributed by atoms with Crippen molar-refractivity contribution in [3.05, 3.63) is 72.9 Å². The molecule has 2 unspecified atom stereocenters. The van der Waals surface area contributed by atoms with Gasteiger partial charge in [0.25, 0.3) is 0 Å². The molecule has 0 aliphatic heterocycles. The molecule has 0 aromatic rings. The number of carboxylic acids is 1. The molecule has 1 amide bonds. The molecule has 0 aromatic heterocycles. The summed E-state index contributed by atoms with van der Waals surface area (Å²) in [5, 5.41) is 11.9. The van der Waals surface area contributed by atoms with Crippen LogP contribution in [0.1, 0.15) is 168 Å². The highest BCUT2D eigenvalue weighted by Crippen LogP contribution is 2.18. The number of carbonyl (C=O) groups excluding carboxylic acids is 2. The predicted molar refractivity (Wildman–Crippen MR) is 215 cm³/mol. The van der Waals surface area contributed by atoms with E-state index in [9.17, 15) is 19.5 Å². The van der Waals surface area contributed by atoms with Gasteiger partial charge in [-0.25, -0.2) is 4.79 Å². The first-order valence-electron chi connectivity index (χ1n) is 20.3. The van der Waals surface area contributed by atoms with Gasteiger partial charge in [-0.3, -0.25) is 9.59 Å². The van der Waals surface area contributed by atoms with E-state index in [4.69, 9.17) is 10.5 Å². The summed E-state index contributed by atoms with van der Waals surface area (Å²) in [6.45, 7) is 4.78. The van der Waals surface area contributed by atoms with Gasteiger partial charge in [0.2, 0.25) is 5.91 Å². The lowest BCUT2D eigenvalue weighted by Crippen LogP contribution is -2.40.